The Labute approximate surface area is 127 Å². The van der Waals surface area contributed by atoms with Crippen LogP contribution in [0.1, 0.15) is 29.7 Å². The molecular formula is C17H17N3O2. The highest BCUT2D eigenvalue weighted by Gasteiger charge is 2.17. The van der Waals surface area contributed by atoms with E-state index >= 15 is 0 Å². The Balaban J connectivity index is 2.43. The number of aryl methyl sites for hydroxylation is 1. The molecule has 0 amide bonds. The molecular weight excluding hydrogens is 278 g/mol. The summed E-state index contributed by atoms with van der Waals surface area (Å²) in [4.78, 5) is 21.0. The van der Waals surface area contributed by atoms with E-state index in [9.17, 15) is 4.79 Å². The predicted octanol–water partition coefficient (Wildman–Crippen LogP) is 2.89. The minimum Gasteiger partial charge on any atom is -0.453 e. The molecule has 1 aromatic carbocycles. The standard InChI is InChI=1S/C17H17N3O2/c1-9-6-12(11(3)18)17-13(7-9)15(21)10(2)16(22-17)14-8-19-4-5-20-14/h4-8,11H,18H2,1-3H3/t11-/m1/s1. The van der Waals surface area contributed by atoms with Crippen LogP contribution in [0.4, 0.5) is 0 Å². The lowest BCUT2D eigenvalue weighted by Crippen LogP contribution is -2.12. The monoisotopic (exact) mass is 295 g/mol. The molecule has 5 nitrogen and oxygen atoms in total. The van der Waals surface area contributed by atoms with Gasteiger partial charge in [0.2, 0.25) is 0 Å². The molecule has 0 spiro atoms. The highest BCUT2D eigenvalue weighted by atomic mass is 16.3. The van der Waals surface area contributed by atoms with Gasteiger partial charge in [-0.15, -0.1) is 0 Å². The average molecular weight is 295 g/mol. The Kier molecular flexibility index (Phi) is 3.50. The van der Waals surface area contributed by atoms with Gasteiger partial charge in [-0.05, 0) is 32.4 Å². The SMILES string of the molecule is Cc1cc([C@@H](C)N)c2oc(-c3cnccn3)c(C)c(=O)c2c1. The quantitative estimate of drug-likeness (QED) is 0.786. The first-order chi connectivity index (χ1) is 10.5. The molecule has 0 fully saturated rings. The molecule has 112 valence electrons. The number of fused-ring (bicyclic) bond motifs is 1. The summed E-state index contributed by atoms with van der Waals surface area (Å²) in [5.74, 6) is 0.441. The van der Waals surface area contributed by atoms with E-state index in [4.69, 9.17) is 10.2 Å². The number of hydrogen-bond donors (Lipinski definition) is 1. The van der Waals surface area contributed by atoms with Crippen LogP contribution in [-0.2, 0) is 0 Å². The van der Waals surface area contributed by atoms with E-state index < -0.39 is 0 Å². The Morgan fingerprint density at radius 2 is 2.00 bits per heavy atom. The molecule has 0 saturated heterocycles. The molecule has 0 saturated carbocycles. The fourth-order valence-corrected chi connectivity index (χ4v) is 2.57. The third kappa shape index (κ3) is 2.29. The maximum absolute atomic E-state index is 12.7. The summed E-state index contributed by atoms with van der Waals surface area (Å²) in [6.07, 6.45) is 4.73. The van der Waals surface area contributed by atoms with Gasteiger partial charge in [-0.25, -0.2) is 4.98 Å². The molecule has 0 bridgehead atoms. The van der Waals surface area contributed by atoms with Crippen LogP contribution in [0.3, 0.4) is 0 Å². The molecule has 3 aromatic rings. The largest absolute Gasteiger partial charge is 0.453 e. The van der Waals surface area contributed by atoms with Crippen LogP contribution in [0.25, 0.3) is 22.4 Å². The number of benzene rings is 1. The summed E-state index contributed by atoms with van der Waals surface area (Å²) < 4.78 is 6.02. The molecule has 22 heavy (non-hydrogen) atoms. The van der Waals surface area contributed by atoms with E-state index in [0.717, 1.165) is 11.1 Å². The molecule has 3 rings (SSSR count). The Bertz CT molecular complexity index is 899. The Hall–Kier alpha value is -2.53. The van der Waals surface area contributed by atoms with Crippen molar-refractivity contribution in [2.45, 2.75) is 26.8 Å². The van der Waals surface area contributed by atoms with E-state index in [1.54, 1.807) is 25.5 Å². The summed E-state index contributed by atoms with van der Waals surface area (Å²) in [5.41, 5.74) is 9.36. The van der Waals surface area contributed by atoms with Crippen LogP contribution in [0.5, 0.6) is 0 Å². The van der Waals surface area contributed by atoms with Gasteiger partial charge >= 0.3 is 0 Å². The molecule has 0 radical (unpaired) electrons. The third-order valence-electron chi connectivity index (χ3n) is 3.68. The van der Waals surface area contributed by atoms with Crippen LogP contribution in [0.2, 0.25) is 0 Å². The van der Waals surface area contributed by atoms with Crippen molar-refractivity contribution in [1.82, 2.24) is 9.97 Å². The summed E-state index contributed by atoms with van der Waals surface area (Å²) in [6, 6.07) is 3.55. The van der Waals surface area contributed by atoms with Gasteiger partial charge in [-0.1, -0.05) is 6.07 Å². The molecule has 0 aliphatic carbocycles. The van der Waals surface area contributed by atoms with Gasteiger partial charge in [0.05, 0.1) is 11.6 Å². The van der Waals surface area contributed by atoms with Crippen molar-refractivity contribution in [3.63, 3.8) is 0 Å². The average Bonchev–Trinajstić information content (AvgIpc) is 2.51. The van der Waals surface area contributed by atoms with Crippen molar-refractivity contribution >= 4 is 11.0 Å². The van der Waals surface area contributed by atoms with Crippen molar-refractivity contribution in [3.05, 3.63) is 57.6 Å². The fraction of sp³-hybridized carbons (Fsp3) is 0.235. The van der Waals surface area contributed by atoms with Gasteiger partial charge in [0.25, 0.3) is 0 Å². The van der Waals surface area contributed by atoms with Crippen LogP contribution < -0.4 is 11.2 Å². The highest BCUT2D eigenvalue weighted by Crippen LogP contribution is 2.28. The second-order valence-corrected chi connectivity index (χ2v) is 5.50. The van der Waals surface area contributed by atoms with Gasteiger partial charge < -0.3 is 10.2 Å². The second kappa shape index (κ2) is 5.35. The summed E-state index contributed by atoms with van der Waals surface area (Å²) >= 11 is 0. The molecule has 2 N–H and O–H groups in total. The maximum atomic E-state index is 12.7. The third-order valence-corrected chi connectivity index (χ3v) is 3.68. The van der Waals surface area contributed by atoms with Gasteiger partial charge in [-0.3, -0.25) is 9.78 Å². The topological polar surface area (TPSA) is 82.0 Å². The summed E-state index contributed by atoms with van der Waals surface area (Å²) in [6.45, 7) is 5.55. The van der Waals surface area contributed by atoms with E-state index in [-0.39, 0.29) is 11.5 Å². The lowest BCUT2D eigenvalue weighted by atomic mass is 10.0. The smallest absolute Gasteiger partial charge is 0.196 e. The van der Waals surface area contributed by atoms with Gasteiger partial charge in [0, 0.05) is 29.6 Å². The first-order valence-electron chi connectivity index (χ1n) is 7.09. The van der Waals surface area contributed by atoms with E-state index in [2.05, 4.69) is 9.97 Å². The number of aromatic nitrogens is 2. The van der Waals surface area contributed by atoms with Gasteiger partial charge in [0.1, 0.15) is 11.3 Å². The molecule has 0 aliphatic rings. The molecule has 5 heteroatoms. The number of nitrogens with two attached hydrogens (primary N) is 1. The minimum absolute atomic E-state index is 0.0625. The van der Waals surface area contributed by atoms with E-state index in [0.29, 0.717) is 28.0 Å². The Morgan fingerprint density at radius 3 is 2.64 bits per heavy atom. The van der Waals surface area contributed by atoms with Crippen LogP contribution in [-0.4, -0.2) is 9.97 Å². The van der Waals surface area contributed by atoms with Crippen molar-refractivity contribution in [2.75, 3.05) is 0 Å². The predicted molar refractivity (Wildman–Crippen MR) is 85.6 cm³/mol. The van der Waals surface area contributed by atoms with Crippen LogP contribution in [0, 0.1) is 13.8 Å². The number of nitrogens with zero attached hydrogens (tertiary/aromatic N) is 2. The first-order valence-corrected chi connectivity index (χ1v) is 7.09. The lowest BCUT2D eigenvalue weighted by Gasteiger charge is -2.13. The first kappa shape index (κ1) is 14.4. The normalized spacial score (nSPS) is 12.5. The maximum Gasteiger partial charge on any atom is 0.196 e. The van der Waals surface area contributed by atoms with Crippen LogP contribution >= 0.6 is 0 Å². The van der Waals surface area contributed by atoms with Gasteiger partial charge in [-0.2, -0.15) is 0 Å². The fourth-order valence-electron chi connectivity index (χ4n) is 2.57. The van der Waals surface area contributed by atoms with Crippen molar-refractivity contribution in [2.24, 2.45) is 5.73 Å². The Morgan fingerprint density at radius 1 is 1.23 bits per heavy atom. The highest BCUT2D eigenvalue weighted by molar-refractivity contribution is 5.83. The van der Waals surface area contributed by atoms with Gasteiger partial charge in [0.15, 0.2) is 11.2 Å². The molecule has 2 aromatic heterocycles. The molecule has 2 heterocycles. The molecule has 0 unspecified atom stereocenters. The van der Waals surface area contributed by atoms with E-state index in [1.165, 1.54) is 0 Å². The molecule has 1 atom stereocenters. The zero-order valence-electron chi connectivity index (χ0n) is 12.8. The lowest BCUT2D eigenvalue weighted by molar-refractivity contribution is 0.600. The minimum atomic E-state index is -0.233. The summed E-state index contributed by atoms with van der Waals surface area (Å²) in [7, 11) is 0. The van der Waals surface area contributed by atoms with Crippen molar-refractivity contribution in [3.8, 4) is 11.5 Å². The zero-order valence-corrected chi connectivity index (χ0v) is 12.8. The van der Waals surface area contributed by atoms with E-state index in [1.807, 2.05) is 26.0 Å². The number of hydrogen-bond acceptors (Lipinski definition) is 5. The van der Waals surface area contributed by atoms with Crippen molar-refractivity contribution < 1.29 is 4.42 Å². The molecule has 0 aliphatic heterocycles. The second-order valence-electron chi connectivity index (χ2n) is 5.50. The zero-order chi connectivity index (χ0) is 15.9. The number of rotatable bonds is 2. The van der Waals surface area contributed by atoms with Crippen molar-refractivity contribution in [1.29, 1.82) is 0 Å². The summed E-state index contributed by atoms with van der Waals surface area (Å²) in [5, 5.41) is 0.553. The van der Waals surface area contributed by atoms with Crippen LogP contribution in [0.15, 0.2) is 39.9 Å².